The molecule has 6 heteroatoms. The maximum Gasteiger partial charge on any atom is 0.289 e. The lowest BCUT2D eigenvalue weighted by atomic mass is 10.2. The average molecular weight is 284 g/mol. The van der Waals surface area contributed by atoms with Gasteiger partial charge in [-0.1, -0.05) is 0 Å². The maximum absolute atomic E-state index is 12.2. The van der Waals surface area contributed by atoms with Crippen LogP contribution in [0.25, 0.3) is 0 Å². The Hall–Kier alpha value is -1.04. The first-order chi connectivity index (χ1) is 9.24. The molecule has 0 aliphatic carbocycles. The molecule has 0 saturated carbocycles. The summed E-state index contributed by atoms with van der Waals surface area (Å²) in [5.41, 5.74) is 0. The Bertz CT molecular complexity index is 456. The minimum atomic E-state index is -0.0514. The summed E-state index contributed by atoms with van der Waals surface area (Å²) in [7, 11) is 0. The smallest absolute Gasteiger partial charge is 0.289 e. The molecular formula is C13H18ClN3O2. The first kappa shape index (κ1) is 13.0. The molecule has 2 fully saturated rings. The van der Waals surface area contributed by atoms with Crippen LogP contribution >= 0.6 is 11.6 Å². The van der Waals surface area contributed by atoms with Gasteiger partial charge in [0.15, 0.2) is 11.0 Å². The standard InChI is InChI=1S/C13H18ClN3O2/c14-12-2-1-11(19-12)13(18)17-6-3-10(9-17)16-7-4-15-5-8-16/h1-2,10,15H,3-9H2. The predicted molar refractivity (Wildman–Crippen MR) is 72.5 cm³/mol. The largest absolute Gasteiger partial charge is 0.440 e. The number of furan rings is 1. The number of carbonyl (C=O) groups is 1. The third-order valence-corrected chi connectivity index (χ3v) is 4.11. The molecule has 19 heavy (non-hydrogen) atoms. The first-order valence-corrected chi connectivity index (χ1v) is 7.11. The zero-order valence-electron chi connectivity index (χ0n) is 10.8. The van der Waals surface area contributed by atoms with Crippen LogP contribution in [0.5, 0.6) is 0 Å². The van der Waals surface area contributed by atoms with Crippen molar-refractivity contribution in [2.75, 3.05) is 39.3 Å². The molecule has 3 rings (SSSR count). The molecule has 0 spiro atoms. The zero-order valence-corrected chi connectivity index (χ0v) is 11.5. The van der Waals surface area contributed by atoms with Gasteiger partial charge < -0.3 is 14.6 Å². The highest BCUT2D eigenvalue weighted by molar-refractivity contribution is 6.29. The Morgan fingerprint density at radius 2 is 2.11 bits per heavy atom. The fraction of sp³-hybridized carbons (Fsp3) is 0.615. The van der Waals surface area contributed by atoms with Crippen LogP contribution in [-0.2, 0) is 0 Å². The maximum atomic E-state index is 12.2. The summed E-state index contributed by atoms with van der Waals surface area (Å²) in [4.78, 5) is 16.6. The van der Waals surface area contributed by atoms with Crippen molar-refractivity contribution in [3.63, 3.8) is 0 Å². The molecule has 0 bridgehead atoms. The van der Waals surface area contributed by atoms with Gasteiger partial charge in [0.25, 0.3) is 5.91 Å². The van der Waals surface area contributed by atoms with Gasteiger partial charge in [-0.2, -0.15) is 0 Å². The summed E-state index contributed by atoms with van der Waals surface area (Å²) in [5, 5.41) is 3.61. The molecule has 2 aliphatic rings. The van der Waals surface area contributed by atoms with E-state index < -0.39 is 0 Å². The van der Waals surface area contributed by atoms with Crippen LogP contribution in [0.1, 0.15) is 17.0 Å². The van der Waals surface area contributed by atoms with E-state index in [2.05, 4.69) is 10.2 Å². The fourth-order valence-electron chi connectivity index (χ4n) is 2.86. The average Bonchev–Trinajstić information content (AvgIpc) is 3.08. The number of amides is 1. The third-order valence-electron chi connectivity index (χ3n) is 3.90. The lowest BCUT2D eigenvalue weighted by Crippen LogP contribution is -2.49. The van der Waals surface area contributed by atoms with Gasteiger partial charge in [0.05, 0.1) is 0 Å². The van der Waals surface area contributed by atoms with E-state index in [0.717, 1.165) is 45.7 Å². The molecule has 1 N–H and O–H groups in total. The Kier molecular flexibility index (Phi) is 3.77. The van der Waals surface area contributed by atoms with Crippen LogP contribution in [0.4, 0.5) is 0 Å². The molecule has 1 unspecified atom stereocenters. The van der Waals surface area contributed by atoms with Crippen molar-refractivity contribution >= 4 is 17.5 Å². The van der Waals surface area contributed by atoms with Crippen LogP contribution in [0.3, 0.4) is 0 Å². The van der Waals surface area contributed by atoms with E-state index in [4.69, 9.17) is 16.0 Å². The van der Waals surface area contributed by atoms with Gasteiger partial charge >= 0.3 is 0 Å². The first-order valence-electron chi connectivity index (χ1n) is 6.73. The van der Waals surface area contributed by atoms with Gasteiger partial charge in [-0.15, -0.1) is 0 Å². The van der Waals surface area contributed by atoms with Crippen LogP contribution in [0, 0.1) is 0 Å². The van der Waals surface area contributed by atoms with Crippen LogP contribution in [0.15, 0.2) is 16.5 Å². The molecule has 104 valence electrons. The SMILES string of the molecule is O=C(c1ccc(Cl)o1)N1CCC(N2CCNCC2)C1. The van der Waals surface area contributed by atoms with Crippen molar-refractivity contribution < 1.29 is 9.21 Å². The summed E-state index contributed by atoms with van der Waals surface area (Å²) in [6.45, 7) is 5.80. The predicted octanol–water partition coefficient (Wildman–Crippen LogP) is 1.05. The molecule has 2 saturated heterocycles. The van der Waals surface area contributed by atoms with Gasteiger partial charge in [0.1, 0.15) is 0 Å². The van der Waals surface area contributed by atoms with Gasteiger partial charge in [0.2, 0.25) is 0 Å². The summed E-state index contributed by atoms with van der Waals surface area (Å²) < 4.78 is 5.19. The van der Waals surface area contributed by atoms with Crippen LogP contribution in [-0.4, -0.2) is 61.0 Å². The second-order valence-electron chi connectivity index (χ2n) is 5.08. The van der Waals surface area contributed by atoms with Gasteiger partial charge in [0, 0.05) is 45.3 Å². The van der Waals surface area contributed by atoms with Gasteiger partial charge in [-0.3, -0.25) is 9.69 Å². The number of hydrogen-bond donors (Lipinski definition) is 1. The second kappa shape index (κ2) is 5.53. The van der Waals surface area contributed by atoms with Gasteiger partial charge in [-0.25, -0.2) is 0 Å². The fourth-order valence-corrected chi connectivity index (χ4v) is 3.00. The summed E-state index contributed by atoms with van der Waals surface area (Å²) in [6.07, 6.45) is 1.04. The lowest BCUT2D eigenvalue weighted by Gasteiger charge is -2.32. The molecule has 5 nitrogen and oxygen atoms in total. The number of nitrogens with zero attached hydrogens (tertiary/aromatic N) is 2. The monoisotopic (exact) mass is 283 g/mol. The molecule has 0 aromatic carbocycles. The molecule has 0 radical (unpaired) electrons. The lowest BCUT2D eigenvalue weighted by molar-refractivity contribution is 0.0742. The van der Waals surface area contributed by atoms with E-state index in [1.165, 1.54) is 0 Å². The second-order valence-corrected chi connectivity index (χ2v) is 5.46. The van der Waals surface area contributed by atoms with E-state index in [0.29, 0.717) is 11.8 Å². The quantitative estimate of drug-likeness (QED) is 0.882. The number of halogens is 1. The number of hydrogen-bond acceptors (Lipinski definition) is 4. The normalized spacial score (nSPS) is 24.9. The van der Waals surface area contributed by atoms with Crippen LogP contribution in [0.2, 0.25) is 5.22 Å². The van der Waals surface area contributed by atoms with Gasteiger partial charge in [-0.05, 0) is 30.2 Å². The molecule has 1 atom stereocenters. The molecule has 1 aromatic heterocycles. The zero-order chi connectivity index (χ0) is 13.2. The van der Waals surface area contributed by atoms with Crippen molar-refractivity contribution in [1.82, 2.24) is 15.1 Å². The summed E-state index contributed by atoms with van der Waals surface area (Å²) in [5.74, 6) is 0.287. The topological polar surface area (TPSA) is 48.7 Å². The van der Waals surface area contributed by atoms with E-state index in [-0.39, 0.29) is 11.1 Å². The van der Waals surface area contributed by atoms with E-state index in [9.17, 15) is 4.79 Å². The van der Waals surface area contributed by atoms with Crippen molar-refractivity contribution in [3.05, 3.63) is 23.1 Å². The Morgan fingerprint density at radius 1 is 1.32 bits per heavy atom. The number of rotatable bonds is 2. The van der Waals surface area contributed by atoms with E-state index in [1.807, 2.05) is 4.90 Å². The number of piperazine rings is 1. The van der Waals surface area contributed by atoms with Crippen molar-refractivity contribution in [2.24, 2.45) is 0 Å². The van der Waals surface area contributed by atoms with Crippen LogP contribution < -0.4 is 5.32 Å². The highest BCUT2D eigenvalue weighted by atomic mass is 35.5. The van der Waals surface area contributed by atoms with Crippen molar-refractivity contribution in [1.29, 1.82) is 0 Å². The highest BCUT2D eigenvalue weighted by Gasteiger charge is 2.32. The molecule has 2 aliphatic heterocycles. The molecular weight excluding hydrogens is 266 g/mol. The molecule has 1 amide bonds. The minimum Gasteiger partial charge on any atom is -0.440 e. The van der Waals surface area contributed by atoms with E-state index >= 15 is 0 Å². The highest BCUT2D eigenvalue weighted by Crippen LogP contribution is 2.20. The van der Waals surface area contributed by atoms with E-state index in [1.54, 1.807) is 12.1 Å². The Labute approximate surface area is 117 Å². The van der Waals surface area contributed by atoms with Crippen molar-refractivity contribution in [3.8, 4) is 0 Å². The summed E-state index contributed by atoms with van der Waals surface area (Å²) in [6, 6.07) is 3.73. The molecule has 1 aromatic rings. The Balaban J connectivity index is 1.60. The molecule has 3 heterocycles. The number of carbonyl (C=O) groups excluding carboxylic acids is 1. The summed E-state index contributed by atoms with van der Waals surface area (Å²) >= 11 is 5.71. The number of likely N-dealkylation sites (tertiary alicyclic amines) is 1. The van der Waals surface area contributed by atoms with Crippen molar-refractivity contribution in [2.45, 2.75) is 12.5 Å². The third kappa shape index (κ3) is 2.78. The Morgan fingerprint density at radius 3 is 2.79 bits per heavy atom. The number of nitrogens with one attached hydrogen (secondary N) is 1. The minimum absolute atomic E-state index is 0.0514.